The van der Waals surface area contributed by atoms with E-state index in [1.165, 1.54) is 16.6 Å². The third kappa shape index (κ3) is 3.82. The lowest BCUT2D eigenvalue weighted by atomic mass is 9.86. The molecule has 0 atom stereocenters. The normalized spacial score (nSPS) is 15.4. The molecule has 182 valence electrons. The Bertz CT molecular complexity index is 1580. The number of halogens is 2. The molecule has 9 nitrogen and oxygen atoms in total. The van der Waals surface area contributed by atoms with E-state index in [4.69, 9.17) is 0 Å². The maximum Gasteiger partial charge on any atom is 0.252 e. The molecule has 2 N–H and O–H groups in total. The van der Waals surface area contributed by atoms with Gasteiger partial charge >= 0.3 is 0 Å². The minimum atomic E-state index is -0.935. The molecule has 0 saturated carbocycles. The van der Waals surface area contributed by atoms with Gasteiger partial charge in [-0.05, 0) is 62.3 Å². The first kappa shape index (κ1) is 22.4. The maximum atomic E-state index is 13.8. The van der Waals surface area contributed by atoms with Crippen molar-refractivity contribution in [2.24, 2.45) is 0 Å². The number of pyridine rings is 2. The fourth-order valence-electron chi connectivity index (χ4n) is 4.62. The molecule has 0 unspecified atom stereocenters. The van der Waals surface area contributed by atoms with Crippen molar-refractivity contribution in [3.8, 4) is 11.3 Å². The van der Waals surface area contributed by atoms with Crippen LogP contribution >= 0.6 is 0 Å². The number of nitrogens with one attached hydrogen (secondary N) is 1. The summed E-state index contributed by atoms with van der Waals surface area (Å²) in [6.45, 7) is 1.48. The number of fused-ring (bicyclic) bond motifs is 2. The molecule has 11 heteroatoms. The van der Waals surface area contributed by atoms with E-state index in [-0.39, 0.29) is 0 Å². The fourth-order valence-corrected chi connectivity index (χ4v) is 4.62. The van der Waals surface area contributed by atoms with Gasteiger partial charge in [0.15, 0.2) is 5.65 Å². The lowest BCUT2D eigenvalue weighted by Gasteiger charge is -2.32. The summed E-state index contributed by atoms with van der Waals surface area (Å²) in [7, 11) is 1.80. The molecule has 1 aliphatic heterocycles. The van der Waals surface area contributed by atoms with E-state index >= 15 is 0 Å². The highest BCUT2D eigenvalue weighted by atomic mass is 19.1. The molecule has 0 spiro atoms. The minimum Gasteiger partial charge on any atom is -0.385 e. The summed E-state index contributed by atoms with van der Waals surface area (Å²) in [6, 6.07) is 10.3. The summed E-state index contributed by atoms with van der Waals surface area (Å²) in [6.07, 6.45) is 4.58. The van der Waals surface area contributed by atoms with Crippen molar-refractivity contribution in [3.05, 3.63) is 72.1 Å². The molecule has 1 aromatic carbocycles. The second kappa shape index (κ2) is 8.54. The third-order valence-electron chi connectivity index (χ3n) is 6.59. The van der Waals surface area contributed by atoms with Crippen LogP contribution in [0, 0.1) is 11.6 Å². The zero-order valence-electron chi connectivity index (χ0n) is 19.4. The number of aromatic nitrogens is 6. The van der Waals surface area contributed by atoms with E-state index in [0.29, 0.717) is 52.4 Å². The number of anilines is 2. The zero-order valence-corrected chi connectivity index (χ0v) is 19.4. The summed E-state index contributed by atoms with van der Waals surface area (Å²) in [5.41, 5.74) is 2.93. The number of nitrogens with zero attached hydrogens (tertiary/aromatic N) is 7. The van der Waals surface area contributed by atoms with Crippen molar-refractivity contribution < 1.29 is 13.9 Å². The van der Waals surface area contributed by atoms with Gasteiger partial charge in [-0.25, -0.2) is 8.78 Å². The van der Waals surface area contributed by atoms with Gasteiger partial charge < -0.3 is 15.3 Å². The standard InChI is InChI=1S/C25H22F2N8O/c1-34(21-4-7-29-20-12-16(14-30-23(20)21)25(36)5-8-28-9-6-25)24-32-31-22-3-2-19(33-35(22)24)15-10-17(26)13-18(27)11-15/h2-4,7,10-14,28,36H,5-6,8-9H2,1H3. The summed E-state index contributed by atoms with van der Waals surface area (Å²) < 4.78 is 29.1. The Labute approximate surface area is 204 Å². The number of rotatable bonds is 4. The summed E-state index contributed by atoms with van der Waals surface area (Å²) in [4.78, 5) is 10.9. The van der Waals surface area contributed by atoms with Gasteiger partial charge in [0.05, 0.1) is 22.5 Å². The smallest absolute Gasteiger partial charge is 0.252 e. The van der Waals surface area contributed by atoms with Crippen molar-refractivity contribution in [3.63, 3.8) is 0 Å². The van der Waals surface area contributed by atoms with Crippen molar-refractivity contribution in [2.45, 2.75) is 18.4 Å². The highest BCUT2D eigenvalue weighted by Gasteiger charge is 2.32. The van der Waals surface area contributed by atoms with E-state index in [1.54, 1.807) is 42.5 Å². The fraction of sp³-hybridized carbons (Fsp3) is 0.240. The van der Waals surface area contributed by atoms with Gasteiger partial charge in [-0.2, -0.15) is 9.61 Å². The van der Waals surface area contributed by atoms with Crippen LogP contribution in [0.25, 0.3) is 27.9 Å². The topological polar surface area (TPSA) is 104 Å². The first-order valence-electron chi connectivity index (χ1n) is 11.5. The zero-order chi connectivity index (χ0) is 24.9. The first-order valence-corrected chi connectivity index (χ1v) is 11.5. The number of hydrogen-bond donors (Lipinski definition) is 2. The number of piperidine rings is 1. The van der Waals surface area contributed by atoms with Gasteiger partial charge in [0.1, 0.15) is 17.2 Å². The largest absolute Gasteiger partial charge is 0.385 e. The lowest BCUT2D eigenvalue weighted by Crippen LogP contribution is -2.39. The molecule has 1 fully saturated rings. The van der Waals surface area contributed by atoms with E-state index in [1.807, 2.05) is 6.07 Å². The number of aliphatic hydroxyl groups is 1. The van der Waals surface area contributed by atoms with Crippen LogP contribution < -0.4 is 10.2 Å². The molecule has 4 aromatic heterocycles. The Morgan fingerprint density at radius 2 is 1.78 bits per heavy atom. The van der Waals surface area contributed by atoms with Gasteiger partial charge in [0, 0.05) is 36.6 Å². The van der Waals surface area contributed by atoms with Crippen LogP contribution in [-0.2, 0) is 5.60 Å². The Morgan fingerprint density at radius 3 is 2.56 bits per heavy atom. The monoisotopic (exact) mass is 488 g/mol. The molecule has 0 radical (unpaired) electrons. The Morgan fingerprint density at radius 1 is 1.00 bits per heavy atom. The van der Waals surface area contributed by atoms with Gasteiger partial charge in [-0.3, -0.25) is 9.97 Å². The molecule has 5 heterocycles. The van der Waals surface area contributed by atoms with Crippen LogP contribution in [0.3, 0.4) is 0 Å². The van der Waals surface area contributed by atoms with Crippen molar-refractivity contribution in [1.29, 1.82) is 0 Å². The summed E-state index contributed by atoms with van der Waals surface area (Å²) in [5, 5.41) is 27.4. The van der Waals surface area contributed by atoms with E-state index in [9.17, 15) is 13.9 Å². The third-order valence-corrected chi connectivity index (χ3v) is 6.59. The van der Waals surface area contributed by atoms with Crippen LogP contribution in [0.2, 0.25) is 0 Å². The van der Waals surface area contributed by atoms with Gasteiger partial charge in [0.2, 0.25) is 0 Å². The molecule has 1 aliphatic rings. The molecule has 36 heavy (non-hydrogen) atoms. The van der Waals surface area contributed by atoms with Gasteiger partial charge in [0.25, 0.3) is 5.95 Å². The van der Waals surface area contributed by atoms with Gasteiger partial charge in [-0.15, -0.1) is 10.2 Å². The molecule has 1 saturated heterocycles. The summed E-state index contributed by atoms with van der Waals surface area (Å²) >= 11 is 0. The van der Waals surface area contributed by atoms with Crippen molar-refractivity contribution in [2.75, 3.05) is 25.0 Å². The lowest BCUT2D eigenvalue weighted by molar-refractivity contribution is 0.00576. The van der Waals surface area contributed by atoms with Gasteiger partial charge in [-0.1, -0.05) is 0 Å². The molecular formula is C25H22F2N8O. The maximum absolute atomic E-state index is 13.8. The van der Waals surface area contributed by atoms with Crippen LogP contribution in [0.1, 0.15) is 18.4 Å². The number of hydrogen-bond acceptors (Lipinski definition) is 8. The molecule has 6 rings (SSSR count). The Hall–Kier alpha value is -4.09. The van der Waals surface area contributed by atoms with Crippen LogP contribution in [0.4, 0.5) is 20.4 Å². The van der Waals surface area contributed by atoms with Crippen molar-refractivity contribution >= 4 is 28.3 Å². The molecular weight excluding hydrogens is 466 g/mol. The predicted octanol–water partition coefficient (Wildman–Crippen LogP) is 3.35. The number of benzene rings is 1. The quantitative estimate of drug-likeness (QED) is 0.397. The van der Waals surface area contributed by atoms with Crippen LogP contribution in [-0.4, -0.2) is 55.0 Å². The Balaban J connectivity index is 1.41. The average molecular weight is 489 g/mol. The second-order valence-electron chi connectivity index (χ2n) is 8.91. The molecule has 5 aromatic rings. The average Bonchev–Trinajstić information content (AvgIpc) is 3.31. The Kier molecular flexibility index (Phi) is 5.31. The van der Waals surface area contributed by atoms with E-state index < -0.39 is 17.2 Å². The van der Waals surface area contributed by atoms with Crippen LogP contribution in [0.15, 0.2) is 54.9 Å². The highest BCUT2D eigenvalue weighted by Crippen LogP contribution is 2.34. The van der Waals surface area contributed by atoms with Crippen LogP contribution in [0.5, 0.6) is 0 Å². The van der Waals surface area contributed by atoms with Crippen molar-refractivity contribution in [1.82, 2.24) is 35.1 Å². The molecule has 0 aliphatic carbocycles. The molecule has 0 amide bonds. The molecule has 0 bridgehead atoms. The summed E-state index contributed by atoms with van der Waals surface area (Å²) in [5.74, 6) is -0.981. The van der Waals surface area contributed by atoms with E-state index in [2.05, 4.69) is 30.6 Å². The predicted molar refractivity (Wildman–Crippen MR) is 130 cm³/mol. The second-order valence-corrected chi connectivity index (χ2v) is 8.91. The highest BCUT2D eigenvalue weighted by molar-refractivity contribution is 5.89. The van der Waals surface area contributed by atoms with E-state index in [0.717, 1.165) is 24.7 Å². The SMILES string of the molecule is CN(c1ccnc2cc(C3(O)CCNCC3)cnc12)c1nnc2ccc(-c3cc(F)cc(F)c3)nn12. The minimum absolute atomic E-state index is 0.302. The first-order chi connectivity index (χ1) is 17.4.